The number of nitrogens with two attached hydrogens (primary N) is 1. The molecule has 8 N–H and O–H groups in total. The van der Waals surface area contributed by atoms with E-state index in [1.807, 2.05) is 5.32 Å². The van der Waals surface area contributed by atoms with Gasteiger partial charge in [-0.25, -0.2) is 4.79 Å². The number of nitrogens with one attached hydrogen (secondary N) is 2. The zero-order chi connectivity index (χ0) is 21.9. The van der Waals surface area contributed by atoms with Crippen molar-refractivity contribution in [1.82, 2.24) is 10.6 Å². The third kappa shape index (κ3) is 10.7. The summed E-state index contributed by atoms with van der Waals surface area (Å²) in [6.45, 7) is 0. The van der Waals surface area contributed by atoms with Crippen molar-refractivity contribution < 1.29 is 49.2 Å². The maximum Gasteiger partial charge on any atom is 0.326 e. The first-order chi connectivity index (χ1) is 12.9. The van der Waals surface area contributed by atoms with Crippen molar-refractivity contribution in [2.45, 2.75) is 56.7 Å². The van der Waals surface area contributed by atoms with Crippen molar-refractivity contribution in [3.8, 4) is 0 Å². The molecule has 0 unspecified atom stereocenters. The van der Waals surface area contributed by atoms with E-state index in [1.165, 1.54) is 0 Å². The van der Waals surface area contributed by atoms with Gasteiger partial charge in [0, 0.05) is 19.3 Å². The summed E-state index contributed by atoms with van der Waals surface area (Å²) in [7, 11) is 0. The summed E-state index contributed by atoms with van der Waals surface area (Å²) in [5.41, 5.74) is 5.52. The number of carbonyl (C=O) groups excluding carboxylic acids is 2. The van der Waals surface area contributed by atoms with Gasteiger partial charge in [-0.15, -0.1) is 0 Å². The van der Waals surface area contributed by atoms with Crippen LogP contribution in [0.4, 0.5) is 0 Å². The fourth-order valence-electron chi connectivity index (χ4n) is 2.02. The first-order valence-electron chi connectivity index (χ1n) is 8.18. The maximum absolute atomic E-state index is 12.3. The fraction of sp³-hybridized carbons (Fsp3) is 0.600. The summed E-state index contributed by atoms with van der Waals surface area (Å²) in [6, 6.07) is -4.29. The molecule has 0 aromatic heterocycles. The first kappa shape index (κ1) is 24.8. The molecule has 0 saturated carbocycles. The van der Waals surface area contributed by atoms with Crippen LogP contribution in [0.5, 0.6) is 0 Å². The fourth-order valence-corrected chi connectivity index (χ4v) is 2.02. The van der Waals surface area contributed by atoms with Gasteiger partial charge in [0.2, 0.25) is 11.8 Å². The van der Waals surface area contributed by atoms with Crippen LogP contribution in [0, 0.1) is 0 Å². The maximum atomic E-state index is 12.3. The number of rotatable bonds is 14. The molecule has 0 aliphatic rings. The van der Waals surface area contributed by atoms with Gasteiger partial charge >= 0.3 is 23.9 Å². The van der Waals surface area contributed by atoms with Crippen molar-refractivity contribution in [2.75, 3.05) is 0 Å². The number of carboxylic acid groups (broad SMARTS) is 4. The molecule has 28 heavy (non-hydrogen) atoms. The Balaban J connectivity index is 5.08. The molecule has 3 atom stereocenters. The van der Waals surface area contributed by atoms with Crippen LogP contribution < -0.4 is 16.4 Å². The summed E-state index contributed by atoms with van der Waals surface area (Å²) in [5.74, 6) is -7.19. The van der Waals surface area contributed by atoms with E-state index in [4.69, 9.17) is 26.2 Å². The minimum absolute atomic E-state index is 0.231. The van der Waals surface area contributed by atoms with Crippen molar-refractivity contribution in [2.24, 2.45) is 5.73 Å². The molecule has 0 aliphatic carbocycles. The molecular weight excluding hydrogens is 382 g/mol. The van der Waals surface area contributed by atoms with Crippen LogP contribution in [-0.2, 0) is 28.8 Å². The van der Waals surface area contributed by atoms with E-state index in [0.29, 0.717) is 0 Å². The molecule has 0 spiro atoms. The van der Waals surface area contributed by atoms with Gasteiger partial charge in [0.1, 0.15) is 12.1 Å². The molecule has 13 heteroatoms. The number of carboxylic acids is 4. The van der Waals surface area contributed by atoms with E-state index in [9.17, 15) is 28.8 Å². The molecule has 0 rings (SSSR count). The second-order valence-corrected chi connectivity index (χ2v) is 5.86. The second-order valence-electron chi connectivity index (χ2n) is 5.86. The Hall–Kier alpha value is -3.22. The van der Waals surface area contributed by atoms with Gasteiger partial charge in [-0.3, -0.25) is 24.0 Å². The van der Waals surface area contributed by atoms with Gasteiger partial charge in [0.15, 0.2) is 0 Å². The summed E-state index contributed by atoms with van der Waals surface area (Å²) in [5, 5.41) is 39.2. The highest BCUT2D eigenvalue weighted by atomic mass is 16.4. The van der Waals surface area contributed by atoms with Crippen LogP contribution in [0.15, 0.2) is 0 Å². The Morgan fingerprint density at radius 2 is 1.04 bits per heavy atom. The summed E-state index contributed by atoms with van der Waals surface area (Å²) >= 11 is 0. The van der Waals surface area contributed by atoms with E-state index >= 15 is 0 Å². The van der Waals surface area contributed by atoms with Crippen LogP contribution >= 0.6 is 0 Å². The van der Waals surface area contributed by atoms with E-state index < -0.39 is 79.5 Å². The lowest BCUT2D eigenvalue weighted by molar-refractivity contribution is -0.144. The molecule has 0 bridgehead atoms. The third-order valence-corrected chi connectivity index (χ3v) is 3.55. The van der Waals surface area contributed by atoms with Gasteiger partial charge in [-0.05, 0) is 19.3 Å². The summed E-state index contributed by atoms with van der Waals surface area (Å²) in [4.78, 5) is 67.2. The predicted octanol–water partition coefficient (Wildman–Crippen LogP) is -2.04. The van der Waals surface area contributed by atoms with Crippen LogP contribution in [0.3, 0.4) is 0 Å². The Morgan fingerprint density at radius 1 is 0.643 bits per heavy atom. The first-order valence-corrected chi connectivity index (χ1v) is 8.18. The second kappa shape index (κ2) is 12.2. The molecule has 2 amide bonds. The molecule has 0 heterocycles. The minimum atomic E-state index is -1.56. The zero-order valence-electron chi connectivity index (χ0n) is 14.8. The van der Waals surface area contributed by atoms with Crippen molar-refractivity contribution in [3.05, 3.63) is 0 Å². The van der Waals surface area contributed by atoms with Crippen LogP contribution in [0.2, 0.25) is 0 Å². The largest absolute Gasteiger partial charge is 0.481 e. The molecular formula is C15H23N3O10. The lowest BCUT2D eigenvalue weighted by Crippen LogP contribution is -2.54. The van der Waals surface area contributed by atoms with Crippen LogP contribution in [0.1, 0.15) is 38.5 Å². The highest BCUT2D eigenvalue weighted by molar-refractivity contribution is 5.92. The van der Waals surface area contributed by atoms with Crippen molar-refractivity contribution >= 4 is 35.7 Å². The lowest BCUT2D eigenvalue weighted by Gasteiger charge is -2.22. The van der Waals surface area contributed by atoms with Crippen LogP contribution in [-0.4, -0.2) is 74.2 Å². The molecule has 0 aromatic rings. The number of aliphatic carboxylic acids is 4. The Bertz CT molecular complexity index is 621. The smallest absolute Gasteiger partial charge is 0.326 e. The van der Waals surface area contributed by atoms with Crippen LogP contribution in [0.25, 0.3) is 0 Å². The quantitative estimate of drug-likeness (QED) is 0.166. The SMILES string of the molecule is N[C@H](CCC(=O)O)C(=O)N[C@H](CCC(=O)O)C(=O)N[C@H](CCC(=O)O)C(=O)O. The lowest BCUT2D eigenvalue weighted by atomic mass is 10.1. The minimum Gasteiger partial charge on any atom is -0.481 e. The molecule has 158 valence electrons. The third-order valence-electron chi connectivity index (χ3n) is 3.55. The summed E-state index contributed by atoms with van der Waals surface area (Å²) in [6.07, 6.45) is -2.52. The normalized spacial score (nSPS) is 13.6. The number of hydrogen-bond acceptors (Lipinski definition) is 7. The van der Waals surface area contributed by atoms with E-state index in [1.54, 1.807) is 0 Å². The number of hydrogen-bond donors (Lipinski definition) is 7. The van der Waals surface area contributed by atoms with Crippen molar-refractivity contribution in [1.29, 1.82) is 0 Å². The van der Waals surface area contributed by atoms with Gasteiger partial charge in [-0.2, -0.15) is 0 Å². The Kier molecular flexibility index (Phi) is 10.8. The Labute approximate surface area is 158 Å². The number of amides is 2. The monoisotopic (exact) mass is 405 g/mol. The molecule has 0 aliphatic heterocycles. The van der Waals surface area contributed by atoms with Crippen molar-refractivity contribution in [3.63, 3.8) is 0 Å². The van der Waals surface area contributed by atoms with E-state index in [-0.39, 0.29) is 12.8 Å². The van der Waals surface area contributed by atoms with Gasteiger partial charge < -0.3 is 36.8 Å². The zero-order valence-corrected chi connectivity index (χ0v) is 14.8. The van der Waals surface area contributed by atoms with E-state index in [2.05, 4.69) is 5.32 Å². The van der Waals surface area contributed by atoms with Gasteiger partial charge in [0.25, 0.3) is 0 Å². The highest BCUT2D eigenvalue weighted by Crippen LogP contribution is 2.04. The summed E-state index contributed by atoms with van der Waals surface area (Å²) < 4.78 is 0. The van der Waals surface area contributed by atoms with E-state index in [0.717, 1.165) is 0 Å². The Morgan fingerprint density at radius 3 is 1.46 bits per heavy atom. The average molecular weight is 405 g/mol. The molecule has 0 aromatic carbocycles. The highest BCUT2D eigenvalue weighted by Gasteiger charge is 2.28. The molecule has 13 nitrogen and oxygen atoms in total. The van der Waals surface area contributed by atoms with Gasteiger partial charge in [0.05, 0.1) is 6.04 Å². The number of carbonyl (C=O) groups is 6. The molecule has 0 fully saturated rings. The standard InChI is InChI=1S/C15H23N3O10/c16-7(1-4-10(19)20)13(25)17-8(2-5-11(21)22)14(26)18-9(15(27)28)3-6-12(23)24/h7-9H,1-6,16H2,(H,17,25)(H,18,26)(H,19,20)(H,21,22)(H,23,24)(H,27,28)/t7-,8-,9-/m1/s1. The average Bonchev–Trinajstić information content (AvgIpc) is 2.58. The predicted molar refractivity (Wildman–Crippen MR) is 90.1 cm³/mol. The van der Waals surface area contributed by atoms with Gasteiger partial charge in [-0.1, -0.05) is 0 Å². The molecule has 0 saturated heterocycles. The topological polar surface area (TPSA) is 233 Å². The molecule has 0 radical (unpaired) electrons.